The van der Waals surface area contributed by atoms with Crippen molar-refractivity contribution in [3.63, 3.8) is 0 Å². The molecule has 0 N–H and O–H groups in total. The average Bonchev–Trinajstić information content (AvgIpc) is 3.58. The van der Waals surface area contributed by atoms with Crippen molar-refractivity contribution in [1.82, 2.24) is 4.90 Å². The summed E-state index contributed by atoms with van der Waals surface area (Å²) in [5.41, 5.74) is 6.69. The maximum atomic E-state index is 5.60. The van der Waals surface area contributed by atoms with Crippen LogP contribution in [0.5, 0.6) is 0 Å². The summed E-state index contributed by atoms with van der Waals surface area (Å²) in [6, 6.07) is 7.35. The summed E-state index contributed by atoms with van der Waals surface area (Å²) in [5, 5.41) is 0. The van der Waals surface area contributed by atoms with Crippen LogP contribution in [0.15, 0.2) is 24.3 Å². The zero-order chi connectivity index (χ0) is 22.1. The fourth-order valence-electron chi connectivity index (χ4n) is 6.11. The Morgan fingerprint density at radius 1 is 0.970 bits per heavy atom. The molecule has 2 heterocycles. The van der Waals surface area contributed by atoms with Crippen molar-refractivity contribution < 1.29 is 4.74 Å². The third-order valence-corrected chi connectivity index (χ3v) is 8.47. The summed E-state index contributed by atoms with van der Waals surface area (Å²) in [5.74, 6) is 0.751. The first kappa shape index (κ1) is 24.9. The summed E-state index contributed by atoms with van der Waals surface area (Å²) >= 11 is 0. The summed E-state index contributed by atoms with van der Waals surface area (Å²) in [4.78, 5) is 7.89. The lowest BCUT2D eigenvalue weighted by Crippen LogP contribution is -2.47. The van der Waals surface area contributed by atoms with Crippen LogP contribution < -0.4 is 9.80 Å². The first-order valence-corrected chi connectivity index (χ1v) is 13.1. The lowest BCUT2D eigenvalue weighted by Gasteiger charge is -2.39. The van der Waals surface area contributed by atoms with Gasteiger partial charge in [-0.3, -0.25) is 4.90 Å². The zero-order valence-corrected chi connectivity index (χ0v) is 21.8. The molecule has 5 rings (SSSR count). The van der Waals surface area contributed by atoms with E-state index in [0.717, 1.165) is 44.9 Å². The Labute approximate surface area is 207 Å². The standard InChI is InChI=1S/C28H43N3O.ClH/c1-22(2)21-29-16-18-31(19-17-29)27-5-4-24(30-14-8-25(32-3)9-15-30)20-26(27)23-6-10-28(11-7-23)12-13-28;/h4-6,20,22,25H,7-19,21H2,1-3H3;1H. The van der Waals surface area contributed by atoms with E-state index in [2.05, 4.69) is 52.8 Å². The minimum atomic E-state index is 0. The van der Waals surface area contributed by atoms with Crippen molar-refractivity contribution in [2.24, 2.45) is 11.3 Å². The molecule has 2 aliphatic carbocycles. The van der Waals surface area contributed by atoms with Crippen LogP contribution >= 0.6 is 12.4 Å². The first-order valence-electron chi connectivity index (χ1n) is 13.1. The smallest absolute Gasteiger partial charge is 0.0605 e. The number of ether oxygens (including phenoxy) is 1. The number of nitrogens with zero attached hydrogens (tertiary/aromatic N) is 3. The minimum Gasteiger partial charge on any atom is -0.381 e. The molecule has 0 amide bonds. The molecule has 1 aromatic carbocycles. The maximum Gasteiger partial charge on any atom is 0.0605 e. The molecule has 3 fully saturated rings. The predicted molar refractivity (Wildman–Crippen MR) is 143 cm³/mol. The van der Waals surface area contributed by atoms with Gasteiger partial charge in [0.1, 0.15) is 0 Å². The Morgan fingerprint density at radius 3 is 2.27 bits per heavy atom. The van der Waals surface area contributed by atoms with Crippen molar-refractivity contribution in [3.05, 3.63) is 29.8 Å². The number of methoxy groups -OCH3 is 1. The van der Waals surface area contributed by atoms with E-state index in [-0.39, 0.29) is 12.4 Å². The van der Waals surface area contributed by atoms with Gasteiger partial charge in [-0.15, -0.1) is 12.4 Å². The Bertz CT molecular complexity index is 818. The topological polar surface area (TPSA) is 19.0 Å². The highest BCUT2D eigenvalue weighted by atomic mass is 35.5. The molecule has 0 bridgehead atoms. The number of hydrogen-bond acceptors (Lipinski definition) is 4. The minimum absolute atomic E-state index is 0. The number of allylic oxidation sites excluding steroid dienone is 2. The van der Waals surface area contributed by atoms with Crippen LogP contribution in [0.2, 0.25) is 0 Å². The van der Waals surface area contributed by atoms with Gasteiger partial charge >= 0.3 is 0 Å². The summed E-state index contributed by atoms with van der Waals surface area (Å²) < 4.78 is 5.60. The van der Waals surface area contributed by atoms with Crippen molar-refractivity contribution >= 4 is 29.4 Å². The number of rotatable bonds is 6. The molecule has 2 saturated heterocycles. The third-order valence-electron chi connectivity index (χ3n) is 8.47. The molecule has 1 aromatic rings. The van der Waals surface area contributed by atoms with Gasteiger partial charge in [-0.05, 0) is 80.1 Å². The molecule has 2 aliphatic heterocycles. The Hall–Kier alpha value is -1.23. The fraction of sp³-hybridized carbons (Fsp3) is 0.714. The number of anilines is 2. The van der Waals surface area contributed by atoms with E-state index in [1.54, 1.807) is 5.57 Å². The van der Waals surface area contributed by atoms with Crippen LogP contribution in [0.3, 0.4) is 0 Å². The Morgan fingerprint density at radius 2 is 1.70 bits per heavy atom. The molecule has 1 saturated carbocycles. The highest BCUT2D eigenvalue weighted by Gasteiger charge is 2.43. The molecule has 1 spiro atoms. The van der Waals surface area contributed by atoms with E-state index in [0.29, 0.717) is 11.5 Å². The van der Waals surface area contributed by atoms with Gasteiger partial charge in [-0.2, -0.15) is 0 Å². The molecular formula is C28H44ClN3O. The molecule has 4 nitrogen and oxygen atoms in total. The monoisotopic (exact) mass is 473 g/mol. The largest absolute Gasteiger partial charge is 0.381 e. The van der Waals surface area contributed by atoms with Gasteiger partial charge in [0.25, 0.3) is 0 Å². The molecular weight excluding hydrogens is 430 g/mol. The van der Waals surface area contributed by atoms with Gasteiger partial charge in [0.05, 0.1) is 6.10 Å². The molecule has 0 atom stereocenters. The van der Waals surface area contributed by atoms with Gasteiger partial charge < -0.3 is 14.5 Å². The van der Waals surface area contributed by atoms with Gasteiger partial charge in [0.15, 0.2) is 0 Å². The first-order chi connectivity index (χ1) is 15.5. The maximum absolute atomic E-state index is 5.60. The van der Waals surface area contributed by atoms with E-state index in [4.69, 9.17) is 4.74 Å². The molecule has 184 valence electrons. The second-order valence-electron chi connectivity index (χ2n) is 11.2. The van der Waals surface area contributed by atoms with Crippen LogP contribution in [0.1, 0.15) is 64.4 Å². The number of hydrogen-bond donors (Lipinski definition) is 0. The van der Waals surface area contributed by atoms with E-state index < -0.39 is 0 Å². The van der Waals surface area contributed by atoms with Crippen LogP contribution in [-0.2, 0) is 4.74 Å². The van der Waals surface area contributed by atoms with Gasteiger partial charge in [-0.25, -0.2) is 0 Å². The van der Waals surface area contributed by atoms with Crippen molar-refractivity contribution in [2.45, 2.75) is 64.9 Å². The number of benzene rings is 1. The molecule has 0 radical (unpaired) electrons. The lowest BCUT2D eigenvalue weighted by molar-refractivity contribution is 0.0819. The van der Waals surface area contributed by atoms with E-state index in [1.165, 1.54) is 68.7 Å². The van der Waals surface area contributed by atoms with E-state index >= 15 is 0 Å². The number of piperidine rings is 1. The molecule has 33 heavy (non-hydrogen) atoms. The van der Waals surface area contributed by atoms with E-state index in [1.807, 2.05) is 7.11 Å². The van der Waals surface area contributed by atoms with Gasteiger partial charge in [0.2, 0.25) is 0 Å². The highest BCUT2D eigenvalue weighted by Crippen LogP contribution is 2.57. The second kappa shape index (κ2) is 10.6. The van der Waals surface area contributed by atoms with Crippen LogP contribution in [-0.4, -0.2) is 63.9 Å². The zero-order valence-electron chi connectivity index (χ0n) is 21.0. The van der Waals surface area contributed by atoms with Crippen molar-refractivity contribution in [3.8, 4) is 0 Å². The number of piperazine rings is 1. The highest BCUT2D eigenvalue weighted by molar-refractivity contribution is 5.85. The average molecular weight is 474 g/mol. The van der Waals surface area contributed by atoms with Crippen LogP contribution in [0.25, 0.3) is 5.57 Å². The SMILES string of the molecule is COC1CCN(c2ccc(N3CCN(CC(C)C)CC3)c(C3=CCC4(CC3)CC4)c2)CC1.Cl. The van der Waals surface area contributed by atoms with Crippen LogP contribution in [0.4, 0.5) is 11.4 Å². The lowest BCUT2D eigenvalue weighted by atomic mass is 9.83. The molecule has 5 heteroatoms. The summed E-state index contributed by atoms with van der Waals surface area (Å²) in [6.45, 7) is 12.8. The van der Waals surface area contributed by atoms with E-state index in [9.17, 15) is 0 Å². The predicted octanol–water partition coefficient (Wildman–Crippen LogP) is 5.85. The summed E-state index contributed by atoms with van der Waals surface area (Å²) in [7, 11) is 1.86. The molecule has 0 aromatic heterocycles. The van der Waals surface area contributed by atoms with Crippen LogP contribution in [0, 0.1) is 11.3 Å². The van der Waals surface area contributed by atoms with Crippen molar-refractivity contribution in [1.29, 1.82) is 0 Å². The van der Waals surface area contributed by atoms with Gasteiger partial charge in [-0.1, -0.05) is 19.9 Å². The Kier molecular flexibility index (Phi) is 7.98. The Balaban J connectivity index is 0.00000259. The molecule has 0 unspecified atom stereocenters. The fourth-order valence-corrected chi connectivity index (χ4v) is 6.11. The third kappa shape index (κ3) is 5.71. The second-order valence-corrected chi connectivity index (χ2v) is 11.2. The number of halogens is 1. The van der Waals surface area contributed by atoms with Gasteiger partial charge in [0, 0.05) is 69.9 Å². The van der Waals surface area contributed by atoms with Crippen molar-refractivity contribution in [2.75, 3.05) is 62.7 Å². The molecule has 4 aliphatic rings. The normalized spacial score (nSPS) is 23.6. The quantitative estimate of drug-likeness (QED) is 0.515. The summed E-state index contributed by atoms with van der Waals surface area (Å²) in [6.07, 6.45) is 12.2.